The number of nitrogens with one attached hydrogen (secondary N) is 1. The zero-order chi connectivity index (χ0) is 13.7. The highest BCUT2D eigenvalue weighted by molar-refractivity contribution is 5.03. The molecule has 4 bridgehead atoms. The number of nitrogens with zero attached hydrogens (tertiary/aromatic N) is 3. The Morgan fingerprint density at radius 1 is 1.15 bits per heavy atom. The Morgan fingerprint density at radius 2 is 1.80 bits per heavy atom. The molecule has 110 valence electrons. The van der Waals surface area contributed by atoms with E-state index in [-0.39, 0.29) is 0 Å². The molecule has 0 aliphatic heterocycles. The Kier molecular flexibility index (Phi) is 3.09. The largest absolute Gasteiger partial charge is 0.313 e. The van der Waals surface area contributed by atoms with E-state index in [2.05, 4.69) is 33.9 Å². The second-order valence-electron chi connectivity index (χ2n) is 7.61. The van der Waals surface area contributed by atoms with Crippen LogP contribution in [-0.4, -0.2) is 20.8 Å². The highest BCUT2D eigenvalue weighted by atomic mass is 15.3. The van der Waals surface area contributed by atoms with Gasteiger partial charge in [-0.1, -0.05) is 13.8 Å². The zero-order valence-electron chi connectivity index (χ0n) is 12.6. The fraction of sp³-hybridized carbons (Fsp3) is 0.875. The lowest BCUT2D eigenvalue weighted by molar-refractivity contribution is -0.0303. The van der Waals surface area contributed by atoms with Crippen molar-refractivity contribution in [3.05, 3.63) is 12.2 Å². The summed E-state index contributed by atoms with van der Waals surface area (Å²) in [4.78, 5) is 0. The normalized spacial score (nSPS) is 38.9. The first kappa shape index (κ1) is 12.8. The summed E-state index contributed by atoms with van der Waals surface area (Å²) >= 11 is 0. The molecule has 0 radical (unpaired) electrons. The van der Waals surface area contributed by atoms with Crippen LogP contribution in [0.25, 0.3) is 0 Å². The molecule has 0 saturated heterocycles. The van der Waals surface area contributed by atoms with Gasteiger partial charge in [0.15, 0.2) is 0 Å². The maximum absolute atomic E-state index is 4.37. The first-order valence-electron chi connectivity index (χ1n) is 8.32. The molecule has 1 N–H and O–H groups in total. The average molecular weight is 274 g/mol. The molecule has 0 atom stereocenters. The standard InChI is InChI=1S/C16H26N4/c1-10(2)17-8-15-19-18-9-20(15)16-13-4-11-3-12(6-13)7-14(16)5-11/h9-14,16-17H,3-8H2,1-2H3. The van der Waals surface area contributed by atoms with Gasteiger partial charge in [0.25, 0.3) is 0 Å². The number of hydrogen-bond donors (Lipinski definition) is 1. The average Bonchev–Trinajstić information content (AvgIpc) is 2.83. The van der Waals surface area contributed by atoms with E-state index in [0.717, 1.165) is 36.0 Å². The van der Waals surface area contributed by atoms with Crippen LogP contribution in [0.3, 0.4) is 0 Å². The Balaban J connectivity index is 1.57. The third-order valence-corrected chi connectivity index (χ3v) is 5.81. The van der Waals surface area contributed by atoms with Gasteiger partial charge < -0.3 is 9.88 Å². The summed E-state index contributed by atoms with van der Waals surface area (Å²) in [6, 6.07) is 1.18. The number of hydrogen-bond acceptors (Lipinski definition) is 3. The van der Waals surface area contributed by atoms with Crippen molar-refractivity contribution >= 4 is 0 Å². The van der Waals surface area contributed by atoms with Crippen LogP contribution in [0.15, 0.2) is 6.33 Å². The Morgan fingerprint density at radius 3 is 2.40 bits per heavy atom. The Hall–Kier alpha value is -0.900. The first-order chi connectivity index (χ1) is 9.70. The third kappa shape index (κ3) is 2.09. The summed E-state index contributed by atoms with van der Waals surface area (Å²) in [6.07, 6.45) is 9.31. The van der Waals surface area contributed by atoms with Crippen molar-refractivity contribution in [3.8, 4) is 0 Å². The van der Waals surface area contributed by atoms with Crippen LogP contribution >= 0.6 is 0 Å². The summed E-state index contributed by atoms with van der Waals surface area (Å²) in [5.41, 5.74) is 0. The fourth-order valence-electron chi connectivity index (χ4n) is 5.29. The highest BCUT2D eigenvalue weighted by Gasteiger charge is 2.49. The van der Waals surface area contributed by atoms with Crippen LogP contribution in [0, 0.1) is 23.7 Å². The van der Waals surface area contributed by atoms with Crippen molar-refractivity contribution in [2.45, 2.75) is 64.6 Å². The molecular weight excluding hydrogens is 248 g/mol. The minimum Gasteiger partial charge on any atom is -0.313 e. The van der Waals surface area contributed by atoms with E-state index in [9.17, 15) is 0 Å². The van der Waals surface area contributed by atoms with E-state index < -0.39 is 0 Å². The van der Waals surface area contributed by atoms with Crippen molar-refractivity contribution in [1.82, 2.24) is 20.1 Å². The van der Waals surface area contributed by atoms with Crippen molar-refractivity contribution in [2.24, 2.45) is 23.7 Å². The molecular formula is C16H26N4. The molecule has 20 heavy (non-hydrogen) atoms. The van der Waals surface area contributed by atoms with Crippen molar-refractivity contribution in [3.63, 3.8) is 0 Å². The molecule has 1 heterocycles. The SMILES string of the molecule is CC(C)NCc1nncn1C1C2CC3CC(C2)CC1C3. The predicted octanol–water partition coefficient (Wildman–Crippen LogP) is 2.77. The topological polar surface area (TPSA) is 42.7 Å². The van der Waals surface area contributed by atoms with Gasteiger partial charge in [-0.05, 0) is 55.8 Å². The van der Waals surface area contributed by atoms with Gasteiger partial charge in [-0.15, -0.1) is 10.2 Å². The lowest BCUT2D eigenvalue weighted by Gasteiger charge is -2.54. The lowest BCUT2D eigenvalue weighted by atomic mass is 9.54. The van der Waals surface area contributed by atoms with E-state index in [1.165, 1.54) is 32.1 Å². The van der Waals surface area contributed by atoms with Gasteiger partial charge in [-0.25, -0.2) is 0 Å². The maximum Gasteiger partial charge on any atom is 0.147 e. The summed E-state index contributed by atoms with van der Waals surface area (Å²) in [6.45, 7) is 5.22. The van der Waals surface area contributed by atoms with Crippen LogP contribution < -0.4 is 5.32 Å². The molecule has 4 saturated carbocycles. The second-order valence-corrected chi connectivity index (χ2v) is 7.61. The summed E-state index contributed by atoms with van der Waals surface area (Å²) in [5.74, 6) is 4.97. The lowest BCUT2D eigenvalue weighted by Crippen LogP contribution is -2.46. The predicted molar refractivity (Wildman–Crippen MR) is 78.1 cm³/mol. The summed E-state index contributed by atoms with van der Waals surface area (Å²) < 4.78 is 2.42. The van der Waals surface area contributed by atoms with Gasteiger partial charge in [-0.2, -0.15) is 0 Å². The minimum atomic E-state index is 0.499. The highest BCUT2D eigenvalue weighted by Crippen LogP contribution is 2.58. The summed E-state index contributed by atoms with van der Waals surface area (Å²) in [5, 5.41) is 12.1. The quantitative estimate of drug-likeness (QED) is 0.918. The van der Waals surface area contributed by atoms with Gasteiger partial charge in [0.2, 0.25) is 0 Å². The second kappa shape index (κ2) is 4.83. The van der Waals surface area contributed by atoms with Gasteiger partial charge in [0.1, 0.15) is 12.2 Å². The smallest absolute Gasteiger partial charge is 0.147 e. The van der Waals surface area contributed by atoms with Crippen molar-refractivity contribution in [1.29, 1.82) is 0 Å². The third-order valence-electron chi connectivity index (χ3n) is 5.81. The molecule has 5 rings (SSSR count). The molecule has 4 aliphatic rings. The molecule has 1 aromatic heterocycles. The van der Waals surface area contributed by atoms with E-state index in [0.29, 0.717) is 12.1 Å². The first-order valence-corrected chi connectivity index (χ1v) is 8.32. The number of rotatable bonds is 4. The van der Waals surface area contributed by atoms with Crippen LogP contribution in [0.4, 0.5) is 0 Å². The molecule has 4 heteroatoms. The van der Waals surface area contributed by atoms with Crippen LogP contribution in [0.5, 0.6) is 0 Å². The van der Waals surface area contributed by atoms with E-state index in [1.54, 1.807) is 0 Å². The number of aromatic nitrogens is 3. The molecule has 0 amide bonds. The van der Waals surface area contributed by atoms with Crippen LogP contribution in [-0.2, 0) is 6.54 Å². The molecule has 4 fully saturated rings. The monoisotopic (exact) mass is 274 g/mol. The van der Waals surface area contributed by atoms with Gasteiger partial charge >= 0.3 is 0 Å². The molecule has 4 nitrogen and oxygen atoms in total. The van der Waals surface area contributed by atoms with Crippen LogP contribution in [0.2, 0.25) is 0 Å². The molecule has 0 unspecified atom stereocenters. The van der Waals surface area contributed by atoms with Gasteiger partial charge in [0, 0.05) is 12.1 Å². The molecule has 4 aliphatic carbocycles. The van der Waals surface area contributed by atoms with Crippen molar-refractivity contribution < 1.29 is 0 Å². The van der Waals surface area contributed by atoms with E-state index in [1.807, 2.05) is 6.33 Å². The molecule has 0 spiro atoms. The van der Waals surface area contributed by atoms with Crippen molar-refractivity contribution in [2.75, 3.05) is 0 Å². The van der Waals surface area contributed by atoms with E-state index >= 15 is 0 Å². The zero-order valence-corrected chi connectivity index (χ0v) is 12.6. The van der Waals surface area contributed by atoms with Crippen LogP contribution in [0.1, 0.15) is 57.8 Å². The van der Waals surface area contributed by atoms with Gasteiger partial charge in [-0.3, -0.25) is 0 Å². The minimum absolute atomic E-state index is 0.499. The van der Waals surface area contributed by atoms with Gasteiger partial charge in [0.05, 0.1) is 6.54 Å². The fourth-order valence-corrected chi connectivity index (χ4v) is 5.29. The molecule has 1 aromatic rings. The maximum atomic E-state index is 4.37. The Labute approximate surface area is 121 Å². The molecule has 0 aromatic carbocycles. The van der Waals surface area contributed by atoms with E-state index in [4.69, 9.17) is 0 Å². The Bertz CT molecular complexity index is 451. The summed E-state index contributed by atoms with van der Waals surface area (Å²) in [7, 11) is 0.